The molecule has 7 nitrogen and oxygen atoms in total. The first-order chi connectivity index (χ1) is 11.2. The summed E-state index contributed by atoms with van der Waals surface area (Å²) in [5.74, 6) is -0.979. The fraction of sp³-hybridized carbons (Fsp3) is 0.500. The summed E-state index contributed by atoms with van der Waals surface area (Å²) in [4.78, 5) is 25.3. The Morgan fingerprint density at radius 1 is 1.38 bits per heavy atom. The number of carbonyl (C=O) groups is 2. The number of hydrogen-bond acceptors (Lipinski definition) is 5. The molecule has 0 spiro atoms. The van der Waals surface area contributed by atoms with Crippen LogP contribution in [0.2, 0.25) is 0 Å². The third kappa shape index (κ3) is 4.90. The molecule has 0 aliphatic rings. The van der Waals surface area contributed by atoms with Gasteiger partial charge in [0.1, 0.15) is 17.1 Å². The average Bonchev–Trinajstić information content (AvgIpc) is 2.57. The molecule has 3 N–H and O–H groups in total. The molecule has 1 atom stereocenters. The lowest BCUT2D eigenvalue weighted by molar-refractivity contribution is -0.131. The highest BCUT2D eigenvalue weighted by Gasteiger charge is 2.33. The number of aliphatic hydroxyl groups is 1. The van der Waals surface area contributed by atoms with Gasteiger partial charge in [0.2, 0.25) is 11.8 Å². The van der Waals surface area contributed by atoms with Crippen LogP contribution in [0.4, 0.5) is 4.39 Å². The van der Waals surface area contributed by atoms with E-state index >= 15 is 0 Å². The zero-order chi connectivity index (χ0) is 18.3. The predicted molar refractivity (Wildman–Crippen MR) is 87.0 cm³/mol. The molecule has 1 rings (SSSR count). The van der Waals surface area contributed by atoms with Crippen molar-refractivity contribution in [3.63, 3.8) is 0 Å². The predicted octanol–water partition coefficient (Wildman–Crippen LogP) is -0.121. The van der Waals surface area contributed by atoms with Gasteiger partial charge in [0.15, 0.2) is 0 Å². The highest BCUT2D eigenvalue weighted by molar-refractivity contribution is 5.87. The number of nitrogens with one attached hydrogen (secondary N) is 2. The number of halogens is 1. The molecule has 2 amide bonds. The van der Waals surface area contributed by atoms with E-state index in [1.54, 1.807) is 20.2 Å². The third-order valence-electron chi connectivity index (χ3n) is 3.67. The lowest BCUT2D eigenvalue weighted by Crippen LogP contribution is -2.59. The summed E-state index contributed by atoms with van der Waals surface area (Å²) in [7, 11) is 4.59. The number of amides is 2. The van der Waals surface area contributed by atoms with Crippen LogP contribution in [-0.4, -0.2) is 61.7 Å². The molecule has 1 aromatic rings. The van der Waals surface area contributed by atoms with Crippen LogP contribution in [0.15, 0.2) is 18.2 Å². The number of rotatable bonds is 8. The lowest BCUT2D eigenvalue weighted by atomic mass is 10.0. The fourth-order valence-corrected chi connectivity index (χ4v) is 1.90. The number of likely N-dealkylation sites (N-methyl/N-ethyl adjacent to an activating group) is 1. The minimum Gasteiger partial charge on any atom is -0.496 e. The molecule has 134 valence electrons. The average molecular weight is 341 g/mol. The maximum absolute atomic E-state index is 13.9. The number of ether oxygens (including phenoxy) is 1. The van der Waals surface area contributed by atoms with Crippen molar-refractivity contribution in [1.29, 1.82) is 0 Å². The van der Waals surface area contributed by atoms with Crippen LogP contribution in [0, 0.1) is 5.82 Å². The van der Waals surface area contributed by atoms with Crippen molar-refractivity contribution < 1.29 is 23.8 Å². The molecule has 0 bridgehead atoms. The van der Waals surface area contributed by atoms with Crippen LogP contribution >= 0.6 is 0 Å². The lowest BCUT2D eigenvalue weighted by Gasteiger charge is -2.28. The van der Waals surface area contributed by atoms with Gasteiger partial charge in [-0.1, -0.05) is 6.07 Å². The van der Waals surface area contributed by atoms with Gasteiger partial charge in [-0.15, -0.1) is 0 Å². The minimum atomic E-state index is -1.37. The van der Waals surface area contributed by atoms with Gasteiger partial charge in [0, 0.05) is 26.2 Å². The number of aliphatic hydroxyl groups excluding tert-OH is 1. The number of hydrogen-bond donors (Lipinski definition) is 3. The van der Waals surface area contributed by atoms with E-state index in [0.29, 0.717) is 5.75 Å². The molecule has 1 unspecified atom stereocenters. The maximum Gasteiger partial charge on any atom is 0.242 e. The van der Waals surface area contributed by atoms with Crippen molar-refractivity contribution in [1.82, 2.24) is 15.5 Å². The van der Waals surface area contributed by atoms with Gasteiger partial charge in [-0.2, -0.15) is 0 Å². The van der Waals surface area contributed by atoms with Gasteiger partial charge < -0.3 is 20.1 Å². The smallest absolute Gasteiger partial charge is 0.242 e. The van der Waals surface area contributed by atoms with E-state index in [9.17, 15) is 19.1 Å². The van der Waals surface area contributed by atoms with Crippen molar-refractivity contribution in [2.24, 2.45) is 0 Å². The summed E-state index contributed by atoms with van der Waals surface area (Å²) in [5, 5.41) is 14.8. The number of methoxy groups -OCH3 is 1. The Hall–Kier alpha value is -2.19. The van der Waals surface area contributed by atoms with Gasteiger partial charge in [-0.3, -0.25) is 14.9 Å². The highest BCUT2D eigenvalue weighted by atomic mass is 19.1. The maximum atomic E-state index is 13.9. The first kappa shape index (κ1) is 19.9. The Balaban J connectivity index is 2.76. The molecule has 24 heavy (non-hydrogen) atoms. The first-order valence-electron chi connectivity index (χ1n) is 7.41. The number of carbonyl (C=O) groups excluding carboxylic acids is 2. The molecule has 0 aliphatic carbocycles. The zero-order valence-electron chi connectivity index (χ0n) is 14.4. The molecular formula is C16H24FN3O4. The van der Waals surface area contributed by atoms with Crippen LogP contribution in [0.5, 0.6) is 5.75 Å². The van der Waals surface area contributed by atoms with Crippen molar-refractivity contribution >= 4 is 11.8 Å². The molecule has 0 aromatic heterocycles. The standard InChI is InChI=1S/C16H24FN3O4/c1-16(10-21,19-9-14(22)20(2)3)15(23)18-8-11-12(17)6-5-7-13(11)24-4/h5-7,19,21H,8-10H2,1-4H3,(H,18,23). The molecule has 0 saturated carbocycles. The zero-order valence-corrected chi connectivity index (χ0v) is 14.4. The number of benzene rings is 1. The van der Waals surface area contributed by atoms with Gasteiger partial charge in [-0.25, -0.2) is 4.39 Å². The van der Waals surface area contributed by atoms with Crippen LogP contribution < -0.4 is 15.4 Å². The van der Waals surface area contributed by atoms with Crippen molar-refractivity contribution in [2.45, 2.75) is 19.0 Å². The van der Waals surface area contributed by atoms with Crippen LogP contribution in [0.3, 0.4) is 0 Å². The van der Waals surface area contributed by atoms with Crippen LogP contribution in [0.1, 0.15) is 12.5 Å². The molecule has 0 aliphatic heterocycles. The summed E-state index contributed by atoms with van der Waals surface area (Å²) in [6.45, 7) is 0.728. The van der Waals surface area contributed by atoms with Crippen molar-refractivity contribution in [2.75, 3.05) is 34.4 Å². The topological polar surface area (TPSA) is 90.9 Å². The molecule has 0 heterocycles. The highest BCUT2D eigenvalue weighted by Crippen LogP contribution is 2.21. The largest absolute Gasteiger partial charge is 0.496 e. The van der Waals surface area contributed by atoms with Gasteiger partial charge in [0.05, 0.1) is 20.3 Å². The molecule has 0 fully saturated rings. The fourth-order valence-electron chi connectivity index (χ4n) is 1.90. The Bertz CT molecular complexity index is 595. The molecule has 8 heteroatoms. The van der Waals surface area contributed by atoms with E-state index < -0.39 is 23.9 Å². The summed E-state index contributed by atoms with van der Waals surface area (Å²) >= 11 is 0. The Labute approximate surface area is 140 Å². The van der Waals surface area contributed by atoms with E-state index in [2.05, 4.69) is 10.6 Å². The molecule has 1 aromatic carbocycles. The molecular weight excluding hydrogens is 317 g/mol. The van der Waals surface area contributed by atoms with Crippen molar-refractivity contribution in [3.8, 4) is 5.75 Å². The van der Waals surface area contributed by atoms with Gasteiger partial charge in [-0.05, 0) is 19.1 Å². The normalized spacial score (nSPS) is 13.1. The second-order valence-corrected chi connectivity index (χ2v) is 5.74. The summed E-state index contributed by atoms with van der Waals surface area (Å²) in [5.41, 5.74) is -1.16. The van der Waals surface area contributed by atoms with E-state index in [4.69, 9.17) is 4.74 Å². The summed E-state index contributed by atoms with van der Waals surface area (Å²) in [6.07, 6.45) is 0. The molecule has 0 radical (unpaired) electrons. The second kappa shape index (κ2) is 8.60. The Kier molecular flexibility index (Phi) is 7.12. The van der Waals surface area contributed by atoms with Crippen LogP contribution in [-0.2, 0) is 16.1 Å². The Morgan fingerprint density at radius 3 is 2.58 bits per heavy atom. The quantitative estimate of drug-likeness (QED) is 0.613. The van der Waals surface area contributed by atoms with E-state index in [1.165, 1.54) is 31.1 Å². The van der Waals surface area contributed by atoms with E-state index in [1.807, 2.05) is 0 Å². The summed E-state index contributed by atoms with van der Waals surface area (Å²) < 4.78 is 18.9. The van der Waals surface area contributed by atoms with Crippen LogP contribution in [0.25, 0.3) is 0 Å². The Morgan fingerprint density at radius 2 is 2.04 bits per heavy atom. The van der Waals surface area contributed by atoms with Gasteiger partial charge >= 0.3 is 0 Å². The second-order valence-electron chi connectivity index (χ2n) is 5.74. The SMILES string of the molecule is COc1cccc(F)c1CNC(=O)C(C)(CO)NCC(=O)N(C)C. The number of nitrogens with zero attached hydrogens (tertiary/aromatic N) is 1. The summed E-state index contributed by atoms with van der Waals surface area (Å²) in [6, 6.07) is 4.36. The molecule has 0 saturated heterocycles. The third-order valence-corrected chi connectivity index (χ3v) is 3.67. The monoisotopic (exact) mass is 341 g/mol. The van der Waals surface area contributed by atoms with E-state index in [-0.39, 0.29) is 24.6 Å². The van der Waals surface area contributed by atoms with Gasteiger partial charge in [0.25, 0.3) is 0 Å². The van der Waals surface area contributed by atoms with Crippen molar-refractivity contribution in [3.05, 3.63) is 29.6 Å². The minimum absolute atomic E-state index is 0.104. The first-order valence-corrected chi connectivity index (χ1v) is 7.41. The van der Waals surface area contributed by atoms with E-state index in [0.717, 1.165) is 0 Å².